The van der Waals surface area contributed by atoms with E-state index in [1.54, 1.807) is 6.07 Å². The van der Waals surface area contributed by atoms with Gasteiger partial charge in [-0.15, -0.1) is 0 Å². The van der Waals surface area contributed by atoms with Gasteiger partial charge in [0.2, 0.25) is 0 Å². The van der Waals surface area contributed by atoms with Crippen molar-refractivity contribution >= 4 is 23.1 Å². The molecule has 34 heavy (non-hydrogen) atoms. The lowest BCUT2D eigenvalue weighted by atomic mass is 9.95. The van der Waals surface area contributed by atoms with E-state index in [1.807, 2.05) is 13.8 Å². The van der Waals surface area contributed by atoms with Crippen molar-refractivity contribution in [3.8, 4) is 11.5 Å². The molecule has 0 bridgehead atoms. The highest BCUT2D eigenvalue weighted by Gasteiger charge is 2.46. The Kier molecular flexibility index (Phi) is 7.52. The number of non-ortho nitro benzene ring substituents is 1. The number of amides is 1. The van der Waals surface area contributed by atoms with Crippen LogP contribution in [-0.2, 0) is 9.59 Å². The summed E-state index contributed by atoms with van der Waals surface area (Å²) in [6.45, 7) is 6.27. The summed E-state index contributed by atoms with van der Waals surface area (Å²) in [5.41, 5.74) is 0.335. The SMILES string of the molecule is CCN(CC)CCN1C(=O)C(=O)C(=C(O)c2ccc([N+](=O)[O-])cc2)[C@H]1c1ccc(O)c(OC)c1. The van der Waals surface area contributed by atoms with Crippen LogP contribution in [-0.4, -0.2) is 69.9 Å². The fourth-order valence-corrected chi connectivity index (χ4v) is 4.01. The Morgan fingerprint density at radius 1 is 1.15 bits per heavy atom. The van der Waals surface area contributed by atoms with Gasteiger partial charge in [-0.3, -0.25) is 19.7 Å². The first-order valence-electron chi connectivity index (χ1n) is 10.9. The molecule has 1 amide bonds. The van der Waals surface area contributed by atoms with Crippen LogP contribution in [0.25, 0.3) is 5.76 Å². The molecular weight excluding hydrogens is 442 g/mol. The Morgan fingerprint density at radius 2 is 1.79 bits per heavy atom. The second kappa shape index (κ2) is 10.3. The Bertz CT molecular complexity index is 1120. The molecule has 10 heteroatoms. The summed E-state index contributed by atoms with van der Waals surface area (Å²) in [4.78, 5) is 40.0. The second-order valence-corrected chi connectivity index (χ2v) is 7.75. The second-order valence-electron chi connectivity index (χ2n) is 7.75. The Morgan fingerprint density at radius 3 is 2.35 bits per heavy atom. The maximum absolute atomic E-state index is 13.1. The third-order valence-corrected chi connectivity index (χ3v) is 5.96. The minimum Gasteiger partial charge on any atom is -0.507 e. The molecule has 1 aliphatic rings. The third kappa shape index (κ3) is 4.72. The van der Waals surface area contributed by atoms with Crippen LogP contribution in [0.5, 0.6) is 11.5 Å². The van der Waals surface area contributed by atoms with E-state index in [-0.39, 0.29) is 34.9 Å². The maximum atomic E-state index is 13.1. The van der Waals surface area contributed by atoms with Crippen molar-refractivity contribution in [1.29, 1.82) is 0 Å². The number of aromatic hydroxyl groups is 1. The number of phenolic OH excluding ortho intramolecular Hbond substituents is 1. The summed E-state index contributed by atoms with van der Waals surface area (Å²) in [7, 11) is 1.38. The summed E-state index contributed by atoms with van der Waals surface area (Å²) in [5, 5.41) is 32.0. The first kappa shape index (κ1) is 24.7. The predicted octanol–water partition coefficient (Wildman–Crippen LogP) is 3.07. The molecule has 1 heterocycles. The number of hydrogen-bond donors (Lipinski definition) is 2. The molecule has 180 valence electrons. The molecule has 1 saturated heterocycles. The zero-order valence-corrected chi connectivity index (χ0v) is 19.2. The summed E-state index contributed by atoms with van der Waals surface area (Å²) in [6.07, 6.45) is 0. The van der Waals surface area contributed by atoms with Crippen molar-refractivity contribution in [2.45, 2.75) is 19.9 Å². The number of methoxy groups -OCH3 is 1. The van der Waals surface area contributed by atoms with Crippen molar-refractivity contribution in [2.24, 2.45) is 0 Å². The van der Waals surface area contributed by atoms with E-state index >= 15 is 0 Å². The van der Waals surface area contributed by atoms with E-state index in [1.165, 1.54) is 48.4 Å². The number of benzene rings is 2. The number of ketones is 1. The molecule has 2 aromatic rings. The molecule has 2 aromatic carbocycles. The largest absolute Gasteiger partial charge is 0.507 e. The van der Waals surface area contributed by atoms with Crippen molar-refractivity contribution in [2.75, 3.05) is 33.3 Å². The van der Waals surface area contributed by atoms with Crippen LogP contribution in [0.3, 0.4) is 0 Å². The molecule has 0 saturated carbocycles. The van der Waals surface area contributed by atoms with E-state index in [4.69, 9.17) is 4.74 Å². The van der Waals surface area contributed by atoms with Crippen LogP contribution >= 0.6 is 0 Å². The number of nitro groups is 1. The molecular formula is C24H27N3O7. The minimum absolute atomic E-state index is 0.110. The highest BCUT2D eigenvalue weighted by atomic mass is 16.6. The number of nitrogens with zero attached hydrogens (tertiary/aromatic N) is 3. The van der Waals surface area contributed by atoms with Crippen molar-refractivity contribution in [3.63, 3.8) is 0 Å². The van der Waals surface area contributed by atoms with Gasteiger partial charge in [-0.25, -0.2) is 0 Å². The first-order chi connectivity index (χ1) is 16.2. The quantitative estimate of drug-likeness (QED) is 0.188. The van der Waals surface area contributed by atoms with E-state index in [0.717, 1.165) is 13.1 Å². The van der Waals surface area contributed by atoms with Gasteiger partial charge in [0.1, 0.15) is 5.76 Å². The van der Waals surface area contributed by atoms with Gasteiger partial charge >= 0.3 is 0 Å². The minimum atomic E-state index is -0.930. The number of hydrogen-bond acceptors (Lipinski definition) is 8. The number of aliphatic hydroxyl groups is 1. The number of phenols is 1. The van der Waals surface area contributed by atoms with Crippen LogP contribution in [0.4, 0.5) is 5.69 Å². The normalized spacial score (nSPS) is 17.4. The zero-order valence-electron chi connectivity index (χ0n) is 19.2. The topological polar surface area (TPSA) is 133 Å². The van der Waals surface area contributed by atoms with Crippen molar-refractivity contribution in [3.05, 3.63) is 69.3 Å². The van der Waals surface area contributed by atoms with Crippen LogP contribution in [0.1, 0.15) is 31.0 Å². The Balaban J connectivity index is 2.13. The fraction of sp³-hybridized carbons (Fsp3) is 0.333. The summed E-state index contributed by atoms with van der Waals surface area (Å²) >= 11 is 0. The number of carbonyl (C=O) groups is 2. The molecule has 1 fully saturated rings. The van der Waals surface area contributed by atoms with E-state index in [0.29, 0.717) is 12.1 Å². The Hall–Kier alpha value is -3.92. The maximum Gasteiger partial charge on any atom is 0.295 e. The van der Waals surface area contributed by atoms with Gasteiger partial charge in [0.05, 0.1) is 23.6 Å². The lowest BCUT2D eigenvalue weighted by Crippen LogP contribution is -2.38. The highest BCUT2D eigenvalue weighted by Crippen LogP contribution is 2.41. The van der Waals surface area contributed by atoms with E-state index < -0.39 is 28.4 Å². The number of rotatable bonds is 9. The lowest BCUT2D eigenvalue weighted by molar-refractivity contribution is -0.384. The fourth-order valence-electron chi connectivity index (χ4n) is 4.01. The average molecular weight is 469 g/mol. The van der Waals surface area contributed by atoms with Crippen LogP contribution in [0, 0.1) is 10.1 Å². The van der Waals surface area contributed by atoms with Crippen LogP contribution < -0.4 is 4.74 Å². The molecule has 0 spiro atoms. The molecule has 10 nitrogen and oxygen atoms in total. The molecule has 0 aromatic heterocycles. The number of carbonyl (C=O) groups excluding carboxylic acids is 2. The lowest BCUT2D eigenvalue weighted by Gasteiger charge is -2.28. The number of likely N-dealkylation sites (N-methyl/N-ethyl adjacent to an activating group) is 1. The van der Waals surface area contributed by atoms with Gasteiger partial charge in [-0.2, -0.15) is 0 Å². The molecule has 0 aliphatic carbocycles. The zero-order chi connectivity index (χ0) is 25.0. The summed E-state index contributed by atoms with van der Waals surface area (Å²) in [6, 6.07) is 8.61. The molecule has 0 unspecified atom stereocenters. The number of aliphatic hydroxyl groups excluding tert-OH is 1. The molecule has 0 radical (unpaired) electrons. The summed E-state index contributed by atoms with van der Waals surface area (Å²) in [5.74, 6) is -2.00. The third-order valence-electron chi connectivity index (χ3n) is 5.96. The Labute approximate surface area is 196 Å². The summed E-state index contributed by atoms with van der Waals surface area (Å²) < 4.78 is 5.19. The highest BCUT2D eigenvalue weighted by molar-refractivity contribution is 6.46. The van der Waals surface area contributed by atoms with Gasteiger partial charge in [0.25, 0.3) is 17.4 Å². The molecule has 1 atom stereocenters. The van der Waals surface area contributed by atoms with Crippen molar-refractivity contribution in [1.82, 2.24) is 9.80 Å². The first-order valence-corrected chi connectivity index (χ1v) is 10.9. The van der Waals surface area contributed by atoms with Gasteiger partial charge < -0.3 is 24.7 Å². The smallest absolute Gasteiger partial charge is 0.295 e. The van der Waals surface area contributed by atoms with Crippen molar-refractivity contribution < 1.29 is 29.5 Å². The van der Waals surface area contributed by atoms with Gasteiger partial charge in [0.15, 0.2) is 11.5 Å². The van der Waals surface area contributed by atoms with Gasteiger partial charge in [0, 0.05) is 30.8 Å². The number of Topliss-reactive ketones (excluding diaryl/α,β-unsaturated/α-hetero) is 1. The number of nitro benzene ring substituents is 1. The molecule has 2 N–H and O–H groups in total. The van der Waals surface area contributed by atoms with E-state index in [9.17, 15) is 29.9 Å². The van der Waals surface area contributed by atoms with Crippen LogP contribution in [0.15, 0.2) is 48.0 Å². The monoisotopic (exact) mass is 469 g/mol. The molecule has 1 aliphatic heterocycles. The van der Waals surface area contributed by atoms with Gasteiger partial charge in [-0.05, 0) is 42.9 Å². The number of likely N-dealkylation sites (tertiary alicyclic amines) is 1. The standard InChI is InChI=1S/C24H27N3O7/c1-4-25(5-2)12-13-26-21(16-8-11-18(28)19(14-16)34-3)20(23(30)24(26)31)22(29)15-6-9-17(10-7-15)27(32)33/h6-11,14,21,28-29H,4-5,12-13H2,1-3H3/t21-/m1/s1. The average Bonchev–Trinajstić information content (AvgIpc) is 3.09. The van der Waals surface area contributed by atoms with E-state index in [2.05, 4.69) is 4.90 Å². The predicted molar refractivity (Wildman–Crippen MR) is 125 cm³/mol. The van der Waals surface area contributed by atoms with Gasteiger partial charge in [-0.1, -0.05) is 19.9 Å². The van der Waals surface area contributed by atoms with Crippen LogP contribution in [0.2, 0.25) is 0 Å². The molecule has 3 rings (SSSR count). The number of ether oxygens (including phenoxy) is 1.